The number of hydrogen-bond donors (Lipinski definition) is 0. The monoisotopic (exact) mass is 434 g/mol. The summed E-state index contributed by atoms with van der Waals surface area (Å²) in [6, 6.07) is 13.6. The van der Waals surface area contributed by atoms with Gasteiger partial charge in [-0.1, -0.05) is 18.2 Å². The molecule has 3 aromatic rings. The van der Waals surface area contributed by atoms with Crippen LogP contribution in [0.15, 0.2) is 60.4 Å². The maximum Gasteiger partial charge on any atom is 0.312 e. The van der Waals surface area contributed by atoms with E-state index in [1.165, 1.54) is 18.2 Å². The first-order valence-corrected chi connectivity index (χ1v) is 9.85. The summed E-state index contributed by atoms with van der Waals surface area (Å²) in [6.45, 7) is 0. The Kier molecular flexibility index (Phi) is 4.74. The van der Waals surface area contributed by atoms with Gasteiger partial charge in [-0.25, -0.2) is 8.78 Å². The molecule has 0 aliphatic carbocycles. The van der Waals surface area contributed by atoms with Crippen molar-refractivity contribution in [2.75, 3.05) is 7.11 Å². The number of ether oxygens (including phenoxy) is 3. The highest BCUT2D eigenvalue weighted by Crippen LogP contribution is 2.49. The quantitative estimate of drug-likeness (QED) is 0.329. The Bertz CT molecular complexity index is 1290. The summed E-state index contributed by atoms with van der Waals surface area (Å²) in [5.74, 6) is -2.20. The zero-order valence-electron chi connectivity index (χ0n) is 16.9. The maximum absolute atomic E-state index is 13.9. The first kappa shape index (κ1) is 19.9. The fourth-order valence-electron chi connectivity index (χ4n) is 3.97. The van der Waals surface area contributed by atoms with Gasteiger partial charge in [-0.3, -0.25) is 9.59 Å². The van der Waals surface area contributed by atoms with Crippen LogP contribution in [0.1, 0.15) is 39.4 Å². The van der Waals surface area contributed by atoms with Gasteiger partial charge in [-0.05, 0) is 53.6 Å². The number of carbonyl (C=O) groups excluding carboxylic acids is 2. The van der Waals surface area contributed by atoms with Crippen LogP contribution in [-0.2, 0) is 4.79 Å². The van der Waals surface area contributed by atoms with E-state index in [0.29, 0.717) is 22.4 Å². The Labute approximate surface area is 181 Å². The molecule has 0 saturated heterocycles. The number of benzene rings is 3. The zero-order chi connectivity index (χ0) is 22.4. The van der Waals surface area contributed by atoms with Crippen molar-refractivity contribution in [2.45, 2.75) is 12.3 Å². The van der Waals surface area contributed by atoms with Crippen LogP contribution in [0.2, 0.25) is 0 Å². The highest BCUT2D eigenvalue weighted by Gasteiger charge is 2.38. The minimum Gasteiger partial charge on any atom is -0.497 e. The van der Waals surface area contributed by atoms with Gasteiger partial charge in [-0.2, -0.15) is 0 Å². The van der Waals surface area contributed by atoms with E-state index in [1.807, 2.05) is 0 Å². The lowest BCUT2D eigenvalue weighted by Gasteiger charge is -2.26. The summed E-state index contributed by atoms with van der Waals surface area (Å²) >= 11 is 0. The zero-order valence-corrected chi connectivity index (χ0v) is 16.9. The highest BCUT2D eigenvalue weighted by atomic mass is 19.2. The number of hydrogen-bond acceptors (Lipinski definition) is 5. The topological polar surface area (TPSA) is 61.8 Å². The van der Waals surface area contributed by atoms with Crippen molar-refractivity contribution >= 4 is 17.8 Å². The molecule has 0 bridgehead atoms. The van der Waals surface area contributed by atoms with Crippen molar-refractivity contribution in [3.05, 3.63) is 94.2 Å². The van der Waals surface area contributed by atoms with Crippen molar-refractivity contribution in [3.8, 4) is 17.2 Å². The number of halogens is 2. The van der Waals surface area contributed by atoms with E-state index >= 15 is 0 Å². The van der Waals surface area contributed by atoms with Gasteiger partial charge in [0.05, 0.1) is 19.1 Å². The van der Waals surface area contributed by atoms with E-state index in [4.69, 9.17) is 14.2 Å². The summed E-state index contributed by atoms with van der Waals surface area (Å²) in [7, 11) is 1.56. The third-order valence-electron chi connectivity index (χ3n) is 5.54. The van der Waals surface area contributed by atoms with Gasteiger partial charge < -0.3 is 14.2 Å². The summed E-state index contributed by atoms with van der Waals surface area (Å²) in [6.07, 6.45) is 1.51. The molecule has 0 spiro atoms. The normalized spacial score (nSPS) is 18.1. The van der Waals surface area contributed by atoms with Crippen LogP contribution in [0.25, 0.3) is 6.08 Å². The Morgan fingerprint density at radius 1 is 0.969 bits per heavy atom. The average molecular weight is 434 g/mol. The first-order valence-electron chi connectivity index (χ1n) is 9.85. The molecule has 1 unspecified atom stereocenters. The molecule has 5 rings (SSSR count). The van der Waals surface area contributed by atoms with Crippen molar-refractivity contribution < 1.29 is 32.6 Å². The fourth-order valence-corrected chi connectivity index (χ4v) is 3.97. The average Bonchev–Trinajstić information content (AvgIpc) is 3.10. The molecular weight excluding hydrogens is 418 g/mol. The summed E-state index contributed by atoms with van der Waals surface area (Å²) in [5.41, 5.74) is 1.90. The third-order valence-corrected chi connectivity index (χ3v) is 5.54. The van der Waals surface area contributed by atoms with E-state index in [1.54, 1.807) is 37.5 Å². The van der Waals surface area contributed by atoms with Crippen LogP contribution in [-0.4, -0.2) is 18.9 Å². The molecule has 160 valence electrons. The van der Waals surface area contributed by atoms with E-state index in [0.717, 1.165) is 17.7 Å². The molecule has 0 amide bonds. The molecule has 2 aliphatic heterocycles. The van der Waals surface area contributed by atoms with Crippen LogP contribution in [0.5, 0.6) is 17.2 Å². The van der Waals surface area contributed by atoms with Crippen LogP contribution in [0.4, 0.5) is 8.78 Å². The van der Waals surface area contributed by atoms with E-state index in [-0.39, 0.29) is 29.5 Å². The minimum absolute atomic E-state index is 0.0936. The highest BCUT2D eigenvalue weighted by molar-refractivity contribution is 6.15. The number of allylic oxidation sites excluding steroid dienone is 1. The molecule has 3 aromatic carbocycles. The molecule has 7 heteroatoms. The molecule has 2 heterocycles. The molecular formula is C25H16F2O5. The second kappa shape index (κ2) is 7.60. The first-order chi connectivity index (χ1) is 15.4. The number of methoxy groups -OCH3 is 1. The van der Waals surface area contributed by atoms with Gasteiger partial charge in [0.15, 0.2) is 17.4 Å². The van der Waals surface area contributed by atoms with Gasteiger partial charge in [-0.15, -0.1) is 0 Å². The number of ketones is 1. The molecule has 32 heavy (non-hydrogen) atoms. The van der Waals surface area contributed by atoms with E-state index < -0.39 is 23.5 Å². The van der Waals surface area contributed by atoms with E-state index in [9.17, 15) is 18.4 Å². The molecule has 2 aliphatic rings. The number of rotatable bonds is 3. The lowest BCUT2D eigenvalue weighted by Crippen LogP contribution is -2.21. The van der Waals surface area contributed by atoms with Crippen molar-refractivity contribution in [3.63, 3.8) is 0 Å². The molecule has 0 radical (unpaired) electrons. The fraction of sp³-hybridized carbons (Fsp3) is 0.120. The van der Waals surface area contributed by atoms with Gasteiger partial charge in [0.1, 0.15) is 17.2 Å². The summed E-state index contributed by atoms with van der Waals surface area (Å²) in [5, 5.41) is 0. The van der Waals surface area contributed by atoms with Crippen LogP contribution in [0.3, 0.4) is 0 Å². The van der Waals surface area contributed by atoms with Crippen molar-refractivity contribution in [1.29, 1.82) is 0 Å². The van der Waals surface area contributed by atoms with Gasteiger partial charge in [0.2, 0.25) is 5.78 Å². The summed E-state index contributed by atoms with van der Waals surface area (Å²) < 4.78 is 43.8. The van der Waals surface area contributed by atoms with Gasteiger partial charge in [0.25, 0.3) is 0 Å². The SMILES string of the molecule is COc1ccc(C=C2Oc3c(ccc4c3C(c3ccc(F)c(F)c3)CC(=O)O4)C2=O)cc1. The molecule has 5 nitrogen and oxygen atoms in total. The molecule has 1 atom stereocenters. The van der Waals surface area contributed by atoms with Crippen LogP contribution < -0.4 is 14.2 Å². The minimum atomic E-state index is -1.02. The predicted molar refractivity (Wildman–Crippen MR) is 111 cm³/mol. The van der Waals surface area contributed by atoms with E-state index in [2.05, 4.69) is 0 Å². The van der Waals surface area contributed by atoms with Gasteiger partial charge in [0, 0.05) is 11.5 Å². The predicted octanol–water partition coefficient (Wildman–Crippen LogP) is 5.03. The Morgan fingerprint density at radius 2 is 1.75 bits per heavy atom. The van der Waals surface area contributed by atoms with Gasteiger partial charge >= 0.3 is 5.97 Å². The number of fused-ring (bicyclic) bond motifs is 3. The van der Waals surface area contributed by atoms with Crippen LogP contribution in [0, 0.1) is 11.6 Å². The third kappa shape index (κ3) is 3.32. The van der Waals surface area contributed by atoms with Crippen molar-refractivity contribution in [1.82, 2.24) is 0 Å². The molecule has 0 fully saturated rings. The van der Waals surface area contributed by atoms with Crippen molar-refractivity contribution in [2.24, 2.45) is 0 Å². The standard InChI is InChI=1S/C25H16F2O5/c1-30-15-5-2-13(3-6-15)10-21-24(29)16-7-9-20-23(25(16)32-21)17(12-22(28)31-20)14-4-8-18(26)19(27)11-14/h2-11,17H,12H2,1H3. The number of esters is 1. The molecule has 0 saturated carbocycles. The Hall–Kier alpha value is -4.00. The number of carbonyl (C=O) groups is 2. The largest absolute Gasteiger partial charge is 0.497 e. The summed E-state index contributed by atoms with van der Waals surface area (Å²) in [4.78, 5) is 25.1. The smallest absolute Gasteiger partial charge is 0.312 e. The Morgan fingerprint density at radius 3 is 2.47 bits per heavy atom. The van der Waals surface area contributed by atoms with Crippen LogP contribution >= 0.6 is 0 Å². The molecule has 0 aromatic heterocycles. The second-order valence-corrected chi connectivity index (χ2v) is 7.47. The second-order valence-electron chi connectivity index (χ2n) is 7.47. The lowest BCUT2D eigenvalue weighted by atomic mass is 9.84. The molecule has 0 N–H and O–H groups in total. The maximum atomic E-state index is 13.9. The number of Topliss-reactive ketones (excluding diaryl/α,β-unsaturated/α-hetero) is 1. The lowest BCUT2D eigenvalue weighted by molar-refractivity contribution is -0.135. The Balaban J connectivity index is 1.58.